The van der Waals surface area contributed by atoms with E-state index >= 15 is 0 Å². The lowest BCUT2D eigenvalue weighted by molar-refractivity contribution is -0.149. The molecule has 3 rings (SSSR count). The Morgan fingerprint density at radius 2 is 1.13 bits per heavy atom. The molecule has 1 aliphatic carbocycles. The summed E-state index contributed by atoms with van der Waals surface area (Å²) < 4.78 is 34.2. The van der Waals surface area contributed by atoms with Crippen LogP contribution in [0.4, 0.5) is 0 Å². The molecule has 0 radical (unpaired) electrons. The zero-order chi connectivity index (χ0) is 27.7. The second-order valence-electron chi connectivity index (χ2n) is 9.19. The Kier molecular flexibility index (Phi) is 10.5. The predicted octanol–water partition coefficient (Wildman–Crippen LogP) is 4.52. The van der Waals surface area contributed by atoms with Gasteiger partial charge in [0, 0.05) is 47.3 Å². The normalized spacial score (nSPS) is 13.8. The molecule has 0 saturated carbocycles. The third-order valence-corrected chi connectivity index (χ3v) is 5.92. The van der Waals surface area contributed by atoms with E-state index in [1.165, 1.54) is 0 Å². The number of fused-ring (bicyclic) bond motifs is 2. The van der Waals surface area contributed by atoms with Crippen LogP contribution in [-0.4, -0.2) is 64.8 Å². The van der Waals surface area contributed by atoms with Crippen LogP contribution < -0.4 is 9.47 Å². The number of ether oxygens (including phenoxy) is 6. The number of hydrogen-bond donors (Lipinski definition) is 0. The summed E-state index contributed by atoms with van der Waals surface area (Å²) in [5.41, 5.74) is 2.60. The van der Waals surface area contributed by atoms with Crippen molar-refractivity contribution in [3.8, 4) is 11.5 Å². The third-order valence-electron chi connectivity index (χ3n) is 5.92. The predicted molar refractivity (Wildman–Crippen MR) is 145 cm³/mol. The summed E-state index contributed by atoms with van der Waals surface area (Å²) in [5, 5.41) is 1.72. The van der Waals surface area contributed by atoms with Gasteiger partial charge in [0.25, 0.3) is 0 Å². The van der Waals surface area contributed by atoms with Gasteiger partial charge in [-0.2, -0.15) is 0 Å². The van der Waals surface area contributed by atoms with E-state index in [9.17, 15) is 9.59 Å². The maximum absolute atomic E-state index is 12.1. The van der Waals surface area contributed by atoms with Gasteiger partial charge >= 0.3 is 11.9 Å². The van der Waals surface area contributed by atoms with Crippen LogP contribution in [0.2, 0.25) is 0 Å². The van der Waals surface area contributed by atoms with Crippen molar-refractivity contribution < 1.29 is 38.0 Å². The molecule has 8 nitrogen and oxygen atoms in total. The molecule has 0 aliphatic heterocycles. The highest BCUT2D eigenvalue weighted by molar-refractivity contribution is 5.96. The lowest BCUT2D eigenvalue weighted by Crippen LogP contribution is -2.30. The molecule has 0 amide bonds. The molecule has 1 aliphatic rings. The number of carbonyl (C=O) groups excluding carboxylic acids is 2. The van der Waals surface area contributed by atoms with Crippen molar-refractivity contribution in [2.45, 2.75) is 38.9 Å². The van der Waals surface area contributed by atoms with E-state index in [2.05, 4.69) is 25.3 Å². The molecule has 204 valence electrons. The molecule has 2 aromatic carbocycles. The summed E-state index contributed by atoms with van der Waals surface area (Å²) in [7, 11) is 3.08. The van der Waals surface area contributed by atoms with Gasteiger partial charge < -0.3 is 28.4 Å². The van der Waals surface area contributed by atoms with Crippen LogP contribution >= 0.6 is 0 Å². The Bertz CT molecular complexity index is 1120. The summed E-state index contributed by atoms with van der Waals surface area (Å²) in [6.45, 7) is 11.1. The molecule has 2 atom stereocenters. The van der Waals surface area contributed by atoms with Gasteiger partial charge in [-0.25, -0.2) is 9.59 Å². The molecule has 0 spiro atoms. The summed E-state index contributed by atoms with van der Waals surface area (Å²) in [6.07, 6.45) is 4.27. The highest BCUT2D eigenvalue weighted by Crippen LogP contribution is 2.43. The lowest BCUT2D eigenvalue weighted by Gasteiger charge is -2.26. The van der Waals surface area contributed by atoms with Crippen LogP contribution in [0.5, 0.6) is 11.5 Å². The second-order valence-corrected chi connectivity index (χ2v) is 9.19. The van der Waals surface area contributed by atoms with E-state index in [4.69, 9.17) is 28.4 Å². The molecule has 0 fully saturated rings. The zero-order valence-corrected chi connectivity index (χ0v) is 22.5. The fourth-order valence-corrected chi connectivity index (χ4v) is 4.10. The van der Waals surface area contributed by atoms with Crippen LogP contribution in [0, 0.1) is 0 Å². The van der Waals surface area contributed by atoms with Crippen molar-refractivity contribution in [3.05, 3.63) is 71.8 Å². The van der Waals surface area contributed by atoms with E-state index in [1.54, 1.807) is 28.1 Å². The van der Waals surface area contributed by atoms with E-state index in [-0.39, 0.29) is 26.4 Å². The topological polar surface area (TPSA) is 89.5 Å². The first kappa shape index (κ1) is 28.9. The minimum Gasteiger partial charge on any atom is -0.489 e. The van der Waals surface area contributed by atoms with Gasteiger partial charge in [0.15, 0.2) is 12.2 Å². The molecular weight excluding hydrogens is 488 g/mol. The van der Waals surface area contributed by atoms with E-state index < -0.39 is 24.1 Å². The number of hydrogen-bond acceptors (Lipinski definition) is 8. The standard InChI is InChI=1S/C30H36O8/c1-19(2)29(31)37-21(15-33-5)17-35-27-23-11-7-9-13-25(23)28(26-14-10-8-12-24(26)27)36-18-22(16-34-6)38-30(32)20(3)4/h7-11,13,21-22H,1,3,12,14-18H2,2,4-6H3. The smallest absolute Gasteiger partial charge is 0.333 e. The van der Waals surface area contributed by atoms with Gasteiger partial charge in [-0.15, -0.1) is 0 Å². The Morgan fingerprint density at radius 3 is 1.47 bits per heavy atom. The molecule has 0 bridgehead atoms. The van der Waals surface area contributed by atoms with Gasteiger partial charge in [-0.3, -0.25) is 0 Å². The van der Waals surface area contributed by atoms with Gasteiger partial charge in [0.05, 0.1) is 13.2 Å². The number of benzene rings is 2. The van der Waals surface area contributed by atoms with Crippen molar-refractivity contribution >= 4 is 22.7 Å². The SMILES string of the molecule is C=C(C)C(=O)OC(COC)COc1c2c(c(OCC(COC)OC(=O)C(=C)C)c3ccccc13)CC=CC2. The molecule has 2 aromatic rings. The average molecular weight is 525 g/mol. The number of rotatable bonds is 14. The minimum atomic E-state index is -0.605. The highest BCUT2D eigenvalue weighted by Gasteiger charge is 2.25. The van der Waals surface area contributed by atoms with Crippen molar-refractivity contribution in [1.29, 1.82) is 0 Å². The van der Waals surface area contributed by atoms with Crippen LogP contribution in [0.1, 0.15) is 25.0 Å². The quantitative estimate of drug-likeness (QED) is 0.202. The lowest BCUT2D eigenvalue weighted by atomic mass is 9.90. The largest absolute Gasteiger partial charge is 0.489 e. The summed E-state index contributed by atoms with van der Waals surface area (Å²) in [4.78, 5) is 24.2. The van der Waals surface area contributed by atoms with E-state index in [1.807, 2.05) is 24.3 Å². The molecule has 38 heavy (non-hydrogen) atoms. The first-order valence-electron chi connectivity index (χ1n) is 12.4. The first-order chi connectivity index (χ1) is 18.3. The van der Waals surface area contributed by atoms with Crippen molar-refractivity contribution in [2.75, 3.05) is 40.6 Å². The summed E-state index contributed by atoms with van der Waals surface area (Å²) in [5.74, 6) is 0.434. The maximum atomic E-state index is 12.1. The number of allylic oxidation sites excluding steroid dienone is 2. The fourth-order valence-electron chi connectivity index (χ4n) is 4.10. The minimum absolute atomic E-state index is 0.111. The molecular formula is C30H36O8. The second kappa shape index (κ2) is 13.8. The molecule has 0 N–H and O–H groups in total. The van der Waals surface area contributed by atoms with Gasteiger partial charge in [0.2, 0.25) is 0 Å². The van der Waals surface area contributed by atoms with E-state index in [0.29, 0.717) is 35.5 Å². The molecule has 2 unspecified atom stereocenters. The number of methoxy groups -OCH3 is 2. The van der Waals surface area contributed by atoms with E-state index in [0.717, 1.165) is 21.9 Å². The number of esters is 2. The fraction of sp³-hybridized carbons (Fsp3) is 0.400. The highest BCUT2D eigenvalue weighted by atomic mass is 16.6. The van der Waals surface area contributed by atoms with Crippen molar-refractivity contribution in [2.24, 2.45) is 0 Å². The Hall–Kier alpha value is -3.62. The van der Waals surface area contributed by atoms with Crippen molar-refractivity contribution in [3.63, 3.8) is 0 Å². The average Bonchev–Trinajstić information content (AvgIpc) is 2.90. The molecule has 8 heteroatoms. The monoisotopic (exact) mass is 524 g/mol. The summed E-state index contributed by atoms with van der Waals surface area (Å²) in [6, 6.07) is 7.80. The maximum Gasteiger partial charge on any atom is 0.333 e. The van der Waals surface area contributed by atoms with Crippen LogP contribution in [0.3, 0.4) is 0 Å². The Labute approximate surface area is 223 Å². The van der Waals surface area contributed by atoms with Crippen LogP contribution in [0.15, 0.2) is 60.7 Å². The molecule has 0 aromatic heterocycles. The third kappa shape index (κ3) is 7.24. The van der Waals surface area contributed by atoms with Gasteiger partial charge in [-0.05, 0) is 26.7 Å². The Balaban J connectivity index is 1.94. The van der Waals surface area contributed by atoms with Crippen molar-refractivity contribution in [1.82, 2.24) is 0 Å². The van der Waals surface area contributed by atoms with Gasteiger partial charge in [0.1, 0.15) is 24.7 Å². The van der Waals surface area contributed by atoms with Crippen LogP contribution in [0.25, 0.3) is 10.8 Å². The number of carbonyl (C=O) groups is 2. The Morgan fingerprint density at radius 1 is 0.737 bits per heavy atom. The summed E-state index contributed by atoms with van der Waals surface area (Å²) >= 11 is 0. The van der Waals surface area contributed by atoms with Crippen LogP contribution in [-0.2, 0) is 41.4 Å². The molecule has 0 heterocycles. The first-order valence-corrected chi connectivity index (χ1v) is 12.4. The molecule has 0 saturated heterocycles. The zero-order valence-electron chi connectivity index (χ0n) is 22.5. The van der Waals surface area contributed by atoms with Gasteiger partial charge in [-0.1, -0.05) is 49.6 Å².